The lowest BCUT2D eigenvalue weighted by Gasteiger charge is -2.19. The molecule has 11 heteroatoms. The van der Waals surface area contributed by atoms with E-state index < -0.39 is 11.3 Å². The van der Waals surface area contributed by atoms with E-state index in [0.717, 1.165) is 33.9 Å². The minimum absolute atomic E-state index is 0.279. The van der Waals surface area contributed by atoms with E-state index in [4.69, 9.17) is 11.6 Å². The van der Waals surface area contributed by atoms with Crippen LogP contribution < -0.4 is 10.6 Å². The van der Waals surface area contributed by atoms with Gasteiger partial charge in [-0.3, -0.25) is 14.3 Å². The average Bonchev–Trinajstić information content (AvgIpc) is 3.79. The summed E-state index contributed by atoms with van der Waals surface area (Å²) in [5, 5.41) is 23.1. The number of H-pyrrole nitrogens is 1. The van der Waals surface area contributed by atoms with E-state index in [1.807, 2.05) is 73.3 Å². The molecule has 0 saturated heterocycles. The van der Waals surface area contributed by atoms with Crippen molar-refractivity contribution in [3.63, 3.8) is 0 Å². The number of aromatic nitrogens is 6. The number of aryl methyl sites for hydroxylation is 2. The average molecular weight is 614 g/mol. The number of benzene rings is 2. The summed E-state index contributed by atoms with van der Waals surface area (Å²) in [6.45, 7) is 7.46. The van der Waals surface area contributed by atoms with Crippen molar-refractivity contribution in [3.8, 4) is 23.6 Å². The van der Waals surface area contributed by atoms with Crippen LogP contribution in [0.5, 0.6) is 0 Å². The Bertz CT molecular complexity index is 2170. The molecular formula is C34H28ClN9O. The first-order valence-electron chi connectivity index (χ1n) is 14.0. The molecule has 0 bridgehead atoms. The molecule has 45 heavy (non-hydrogen) atoms. The number of imidazole rings is 2. The predicted molar refractivity (Wildman–Crippen MR) is 174 cm³/mol. The standard InChI is InChI=1S/C34H28ClN9O/c1-21-10-30(35)29(33(45)42-25-12-24(34(3,4)19-36)13-28(14-25)43-18-22(2)38-20-43)11-23(21)7-8-27-17-37-32-31(6-5-9-44(27)32)41-26-15-39-40-16-26/h5-6,9-18,20,41H,1-4H3,(H,39,40)(H,42,45). The van der Waals surface area contributed by atoms with Crippen molar-refractivity contribution in [2.75, 3.05) is 10.6 Å². The minimum Gasteiger partial charge on any atom is -0.350 e. The van der Waals surface area contributed by atoms with E-state index in [0.29, 0.717) is 27.6 Å². The Kier molecular flexibility index (Phi) is 7.59. The number of fused-ring (bicyclic) bond motifs is 1. The van der Waals surface area contributed by atoms with Crippen LogP contribution >= 0.6 is 11.6 Å². The van der Waals surface area contributed by atoms with Gasteiger partial charge < -0.3 is 15.2 Å². The first kappa shape index (κ1) is 29.2. The molecule has 0 fully saturated rings. The molecule has 0 radical (unpaired) electrons. The van der Waals surface area contributed by atoms with Crippen LogP contribution in [0.2, 0.25) is 5.02 Å². The number of anilines is 3. The zero-order valence-electron chi connectivity index (χ0n) is 25.0. The van der Waals surface area contributed by atoms with Crippen LogP contribution in [0.25, 0.3) is 11.3 Å². The maximum absolute atomic E-state index is 13.6. The van der Waals surface area contributed by atoms with E-state index in [1.165, 1.54) is 0 Å². The summed E-state index contributed by atoms with van der Waals surface area (Å²) in [6.07, 6.45) is 10.6. The minimum atomic E-state index is -0.788. The van der Waals surface area contributed by atoms with Gasteiger partial charge in [-0.1, -0.05) is 17.5 Å². The van der Waals surface area contributed by atoms with Gasteiger partial charge in [0.2, 0.25) is 0 Å². The van der Waals surface area contributed by atoms with Crippen molar-refractivity contribution in [3.05, 3.63) is 118 Å². The van der Waals surface area contributed by atoms with Gasteiger partial charge in [0.15, 0.2) is 5.65 Å². The predicted octanol–water partition coefficient (Wildman–Crippen LogP) is 6.71. The monoisotopic (exact) mass is 613 g/mol. The number of hydrogen-bond acceptors (Lipinski definition) is 6. The fourth-order valence-corrected chi connectivity index (χ4v) is 5.11. The summed E-state index contributed by atoms with van der Waals surface area (Å²) < 4.78 is 3.74. The Morgan fingerprint density at radius 2 is 1.91 bits per heavy atom. The number of amides is 1. The van der Waals surface area contributed by atoms with Gasteiger partial charge in [0, 0.05) is 35.5 Å². The van der Waals surface area contributed by atoms with Crippen LogP contribution in [0.15, 0.2) is 79.8 Å². The molecule has 0 atom stereocenters. The molecule has 0 aliphatic rings. The van der Waals surface area contributed by atoms with Crippen molar-refractivity contribution < 1.29 is 4.79 Å². The molecule has 0 aliphatic carbocycles. The van der Waals surface area contributed by atoms with Crippen molar-refractivity contribution in [1.82, 2.24) is 29.1 Å². The summed E-state index contributed by atoms with van der Waals surface area (Å²) in [5.41, 5.74) is 6.88. The summed E-state index contributed by atoms with van der Waals surface area (Å²) in [7, 11) is 0. The van der Waals surface area contributed by atoms with Gasteiger partial charge in [0.1, 0.15) is 5.69 Å². The van der Waals surface area contributed by atoms with E-state index in [1.54, 1.807) is 43.1 Å². The largest absolute Gasteiger partial charge is 0.350 e. The van der Waals surface area contributed by atoms with Gasteiger partial charge in [-0.05, 0) is 87.2 Å². The Labute approximate surface area is 264 Å². The number of aromatic amines is 1. The third-order valence-corrected chi connectivity index (χ3v) is 7.70. The molecule has 1 amide bonds. The highest BCUT2D eigenvalue weighted by Crippen LogP contribution is 2.30. The molecule has 0 saturated carbocycles. The third-order valence-electron chi connectivity index (χ3n) is 7.38. The summed E-state index contributed by atoms with van der Waals surface area (Å²) in [5.74, 6) is 6.00. The number of pyridine rings is 1. The first-order chi connectivity index (χ1) is 21.6. The molecule has 4 heterocycles. The van der Waals surface area contributed by atoms with Crippen LogP contribution in [0.3, 0.4) is 0 Å². The lowest BCUT2D eigenvalue weighted by atomic mass is 9.86. The number of nitriles is 1. The fourth-order valence-electron chi connectivity index (χ4n) is 4.81. The summed E-state index contributed by atoms with van der Waals surface area (Å²) in [6, 6.07) is 15.2. The zero-order valence-corrected chi connectivity index (χ0v) is 25.7. The Morgan fingerprint density at radius 3 is 2.64 bits per heavy atom. The fraction of sp³-hybridized carbons (Fsp3) is 0.147. The molecule has 10 nitrogen and oxygen atoms in total. The Balaban J connectivity index is 1.31. The second kappa shape index (κ2) is 11.7. The maximum atomic E-state index is 13.6. The second-order valence-corrected chi connectivity index (χ2v) is 11.6. The zero-order chi connectivity index (χ0) is 31.7. The first-order valence-corrected chi connectivity index (χ1v) is 14.4. The molecular weight excluding hydrogens is 586 g/mol. The summed E-state index contributed by atoms with van der Waals surface area (Å²) >= 11 is 6.58. The van der Waals surface area contributed by atoms with Crippen LogP contribution in [-0.2, 0) is 5.41 Å². The van der Waals surface area contributed by atoms with Crippen molar-refractivity contribution in [1.29, 1.82) is 5.26 Å². The number of carbonyl (C=O) groups excluding carboxylic acids is 1. The van der Waals surface area contributed by atoms with Crippen LogP contribution in [0.4, 0.5) is 17.1 Å². The van der Waals surface area contributed by atoms with Crippen LogP contribution in [-0.4, -0.2) is 35.0 Å². The van der Waals surface area contributed by atoms with Crippen molar-refractivity contribution in [2.24, 2.45) is 0 Å². The van der Waals surface area contributed by atoms with E-state index in [-0.39, 0.29) is 5.56 Å². The molecule has 0 aliphatic heterocycles. The highest BCUT2D eigenvalue weighted by molar-refractivity contribution is 6.34. The molecule has 4 aromatic heterocycles. The third kappa shape index (κ3) is 6.00. The van der Waals surface area contributed by atoms with Crippen molar-refractivity contribution in [2.45, 2.75) is 33.1 Å². The Morgan fingerprint density at radius 1 is 1.07 bits per heavy atom. The molecule has 0 spiro atoms. The quantitative estimate of drug-likeness (QED) is 0.179. The molecule has 3 N–H and O–H groups in total. The van der Waals surface area contributed by atoms with E-state index in [9.17, 15) is 10.1 Å². The normalized spacial score (nSPS) is 11.1. The molecule has 0 unspecified atom stereocenters. The van der Waals surface area contributed by atoms with Crippen LogP contribution in [0, 0.1) is 37.0 Å². The number of halogens is 1. The maximum Gasteiger partial charge on any atom is 0.257 e. The topological polar surface area (TPSA) is 129 Å². The molecule has 6 rings (SSSR count). The van der Waals surface area contributed by atoms with E-state index >= 15 is 0 Å². The lowest BCUT2D eigenvalue weighted by Crippen LogP contribution is -2.17. The van der Waals surface area contributed by atoms with Gasteiger partial charge in [0.05, 0.1) is 57.9 Å². The molecule has 6 aromatic rings. The molecule has 222 valence electrons. The second-order valence-electron chi connectivity index (χ2n) is 11.1. The number of carbonyl (C=O) groups is 1. The van der Waals surface area contributed by atoms with E-state index in [2.05, 4.69) is 48.7 Å². The SMILES string of the molecule is Cc1cn(-c2cc(NC(=O)c3cc(C#Cc4cnc5c(Nc6cn[nH]c6)cccn45)c(C)cc3Cl)cc(C(C)(C)C#N)c2)cn1. The van der Waals surface area contributed by atoms with Gasteiger partial charge in [-0.2, -0.15) is 10.4 Å². The number of hydrogen-bond donors (Lipinski definition) is 3. The highest BCUT2D eigenvalue weighted by Gasteiger charge is 2.22. The molecule has 2 aromatic carbocycles. The lowest BCUT2D eigenvalue weighted by molar-refractivity contribution is 0.102. The number of nitrogens with zero attached hydrogens (tertiary/aromatic N) is 6. The van der Waals surface area contributed by atoms with Gasteiger partial charge in [0.25, 0.3) is 5.91 Å². The van der Waals surface area contributed by atoms with Gasteiger partial charge >= 0.3 is 0 Å². The smallest absolute Gasteiger partial charge is 0.257 e. The Hall–Kier alpha value is -5.84. The van der Waals surface area contributed by atoms with Crippen molar-refractivity contribution >= 4 is 40.2 Å². The number of rotatable bonds is 6. The van der Waals surface area contributed by atoms with Crippen LogP contribution in [0.1, 0.15) is 52.3 Å². The summed E-state index contributed by atoms with van der Waals surface area (Å²) in [4.78, 5) is 22.5. The highest BCUT2D eigenvalue weighted by atomic mass is 35.5. The van der Waals surface area contributed by atoms with Gasteiger partial charge in [-0.15, -0.1) is 0 Å². The number of nitrogens with one attached hydrogen (secondary N) is 3. The van der Waals surface area contributed by atoms with Gasteiger partial charge in [-0.25, -0.2) is 9.97 Å².